The van der Waals surface area contributed by atoms with Gasteiger partial charge in [-0.3, -0.25) is 0 Å². The average molecular weight is 446 g/mol. The molecule has 154 valence electrons. The van der Waals surface area contributed by atoms with Gasteiger partial charge in [0.05, 0.1) is 16.8 Å². The van der Waals surface area contributed by atoms with Crippen LogP contribution < -0.4 is 10.1 Å². The number of hydrogen-bond donors (Lipinski definition) is 1. The molecule has 10 heteroatoms. The van der Waals surface area contributed by atoms with Crippen molar-refractivity contribution >= 4 is 34.9 Å². The fourth-order valence-corrected chi connectivity index (χ4v) is 3.36. The van der Waals surface area contributed by atoms with Crippen molar-refractivity contribution in [1.29, 1.82) is 0 Å². The van der Waals surface area contributed by atoms with Gasteiger partial charge in [0.2, 0.25) is 0 Å². The number of rotatable bonds is 2. The molecular weight excluding hydrogens is 430 g/mol. The highest BCUT2D eigenvalue weighted by Crippen LogP contribution is 2.35. The largest absolute Gasteiger partial charge is 0.573 e. The van der Waals surface area contributed by atoms with E-state index in [4.69, 9.17) is 23.2 Å². The Bertz CT molecular complexity index is 962. The molecule has 0 aliphatic carbocycles. The number of hydrazone groups is 1. The van der Waals surface area contributed by atoms with Crippen molar-refractivity contribution in [3.8, 4) is 5.75 Å². The third-order valence-corrected chi connectivity index (χ3v) is 4.87. The summed E-state index contributed by atoms with van der Waals surface area (Å²) in [5, 5.41) is 8.54. The predicted octanol–water partition coefficient (Wildman–Crippen LogP) is 5.23. The van der Waals surface area contributed by atoms with E-state index in [1.165, 1.54) is 24.2 Å². The maximum atomic E-state index is 12.7. The van der Waals surface area contributed by atoms with Crippen LogP contribution in [-0.4, -0.2) is 36.2 Å². The fourth-order valence-electron chi connectivity index (χ4n) is 3.03. The summed E-state index contributed by atoms with van der Waals surface area (Å²) in [4.78, 5) is 12.3. The van der Waals surface area contributed by atoms with Gasteiger partial charge in [0.1, 0.15) is 5.75 Å². The average Bonchev–Trinajstić information content (AvgIpc) is 2.77. The molecule has 1 heterocycles. The quantitative estimate of drug-likeness (QED) is 0.687. The fraction of sp³-hybridized carbons (Fsp3) is 0.263. The number of halogens is 5. The zero-order valence-corrected chi connectivity index (χ0v) is 16.9. The molecule has 0 unspecified atom stereocenters. The van der Waals surface area contributed by atoms with E-state index in [-0.39, 0.29) is 11.4 Å². The van der Waals surface area contributed by atoms with Gasteiger partial charge in [-0.1, -0.05) is 35.3 Å². The summed E-state index contributed by atoms with van der Waals surface area (Å²) in [5.74, 6) is -0.506. The van der Waals surface area contributed by atoms with E-state index in [9.17, 15) is 18.0 Å². The second-order valence-electron chi connectivity index (χ2n) is 6.40. The Hall–Kier alpha value is -2.45. The lowest BCUT2D eigenvalue weighted by molar-refractivity contribution is -0.274. The van der Waals surface area contributed by atoms with E-state index in [1.54, 1.807) is 31.2 Å². The Balaban J connectivity index is 2.19. The zero-order chi connectivity index (χ0) is 21.3. The van der Waals surface area contributed by atoms with Crippen LogP contribution in [0.25, 0.3) is 0 Å². The summed E-state index contributed by atoms with van der Waals surface area (Å²) in [7, 11) is 1.47. The number of urea groups is 1. The zero-order valence-electron chi connectivity index (χ0n) is 15.3. The van der Waals surface area contributed by atoms with Crippen LogP contribution in [0.15, 0.2) is 41.5 Å². The van der Waals surface area contributed by atoms with Crippen molar-refractivity contribution in [2.45, 2.75) is 25.7 Å². The Morgan fingerprint density at radius 1 is 1.24 bits per heavy atom. The predicted molar refractivity (Wildman–Crippen MR) is 105 cm³/mol. The van der Waals surface area contributed by atoms with Crippen molar-refractivity contribution in [2.75, 3.05) is 7.05 Å². The summed E-state index contributed by atoms with van der Waals surface area (Å²) < 4.78 is 42.2. The smallest absolute Gasteiger partial charge is 0.404 e. The molecule has 0 saturated carbocycles. The van der Waals surface area contributed by atoms with E-state index in [2.05, 4.69) is 15.2 Å². The van der Waals surface area contributed by atoms with E-state index in [0.717, 1.165) is 0 Å². The first-order valence-corrected chi connectivity index (χ1v) is 9.28. The lowest BCUT2D eigenvalue weighted by atomic mass is 9.94. The third-order valence-electron chi connectivity index (χ3n) is 4.32. The number of benzene rings is 2. The maximum absolute atomic E-state index is 12.7. The van der Waals surface area contributed by atoms with Gasteiger partial charge in [-0.25, -0.2) is 9.80 Å². The molecule has 0 radical (unpaired) electrons. The molecule has 1 atom stereocenters. The SMILES string of the molecule is CNC(=O)N1N=C(c2ccc(Cl)cc2)c2cc(Cl)c(OC(F)(F)F)cc2C[C@@H]1C. The lowest BCUT2D eigenvalue weighted by Gasteiger charge is -2.22. The van der Waals surface area contributed by atoms with Gasteiger partial charge in [-0.05, 0) is 43.2 Å². The highest BCUT2D eigenvalue weighted by atomic mass is 35.5. The molecule has 0 saturated heterocycles. The minimum absolute atomic E-state index is 0.219. The van der Waals surface area contributed by atoms with Crippen LogP contribution in [-0.2, 0) is 6.42 Å². The number of carbonyl (C=O) groups is 1. The van der Waals surface area contributed by atoms with Crippen molar-refractivity contribution in [3.63, 3.8) is 0 Å². The van der Waals surface area contributed by atoms with Crippen molar-refractivity contribution in [2.24, 2.45) is 5.10 Å². The van der Waals surface area contributed by atoms with Crippen molar-refractivity contribution in [3.05, 3.63) is 63.1 Å². The molecule has 2 amide bonds. The summed E-state index contributed by atoms with van der Waals surface area (Å²) >= 11 is 12.0. The van der Waals surface area contributed by atoms with Gasteiger partial charge in [0, 0.05) is 23.2 Å². The number of nitrogens with one attached hydrogen (secondary N) is 1. The van der Waals surface area contributed by atoms with Gasteiger partial charge in [0.25, 0.3) is 0 Å². The number of fused-ring (bicyclic) bond motifs is 1. The van der Waals surface area contributed by atoms with Crippen LogP contribution in [0.3, 0.4) is 0 Å². The Kier molecular flexibility index (Phi) is 5.95. The molecule has 29 heavy (non-hydrogen) atoms. The Labute approximate surface area is 175 Å². The first-order chi connectivity index (χ1) is 13.6. The molecular formula is C19H16Cl2F3N3O2. The van der Waals surface area contributed by atoms with E-state index in [0.29, 0.717) is 27.4 Å². The topological polar surface area (TPSA) is 53.9 Å². The second-order valence-corrected chi connectivity index (χ2v) is 7.24. The summed E-state index contributed by atoms with van der Waals surface area (Å²) in [6.45, 7) is 1.74. The molecule has 1 aliphatic heterocycles. The first-order valence-electron chi connectivity index (χ1n) is 8.53. The maximum Gasteiger partial charge on any atom is 0.573 e. The molecule has 0 bridgehead atoms. The van der Waals surface area contributed by atoms with E-state index in [1.807, 2.05) is 0 Å². The first kappa shape index (κ1) is 21.3. The van der Waals surface area contributed by atoms with Crippen LogP contribution >= 0.6 is 23.2 Å². The van der Waals surface area contributed by atoms with E-state index < -0.39 is 24.2 Å². The number of hydrogen-bond acceptors (Lipinski definition) is 3. The molecule has 0 fully saturated rings. The Morgan fingerprint density at radius 3 is 2.48 bits per heavy atom. The second kappa shape index (κ2) is 8.12. The van der Waals surface area contributed by atoms with Crippen molar-refractivity contribution in [1.82, 2.24) is 10.3 Å². The molecule has 3 rings (SSSR count). The van der Waals surface area contributed by atoms with Gasteiger partial charge < -0.3 is 10.1 Å². The normalized spacial score (nSPS) is 16.6. The molecule has 1 N–H and O–H groups in total. The molecule has 2 aromatic carbocycles. The number of alkyl halides is 3. The summed E-state index contributed by atoms with van der Waals surface area (Å²) in [5.41, 5.74) is 2.02. The molecule has 2 aromatic rings. The number of nitrogens with zero attached hydrogens (tertiary/aromatic N) is 2. The van der Waals surface area contributed by atoms with Crippen LogP contribution in [0.1, 0.15) is 23.6 Å². The highest BCUT2D eigenvalue weighted by molar-refractivity contribution is 6.33. The Morgan fingerprint density at radius 2 is 1.90 bits per heavy atom. The lowest BCUT2D eigenvalue weighted by Crippen LogP contribution is -2.41. The molecule has 0 spiro atoms. The minimum atomic E-state index is -4.88. The number of ether oxygens (including phenoxy) is 1. The standard InChI is InChI=1S/C19H16Cl2F3N3O2/c1-10-7-12-8-16(29-19(22,23)24)15(21)9-14(12)17(26-27(10)18(28)25-2)11-3-5-13(20)6-4-11/h3-6,8-10H,7H2,1-2H3,(H,25,28)/t10-/m0/s1. The van der Waals surface area contributed by atoms with Gasteiger partial charge >= 0.3 is 12.4 Å². The molecule has 5 nitrogen and oxygen atoms in total. The van der Waals surface area contributed by atoms with Crippen LogP contribution in [0.5, 0.6) is 5.75 Å². The number of amides is 2. The third kappa shape index (κ3) is 4.76. The van der Waals surface area contributed by atoms with E-state index >= 15 is 0 Å². The molecule has 1 aliphatic rings. The van der Waals surface area contributed by atoms with Crippen LogP contribution in [0.4, 0.5) is 18.0 Å². The highest BCUT2D eigenvalue weighted by Gasteiger charge is 2.34. The van der Waals surface area contributed by atoms with Crippen LogP contribution in [0.2, 0.25) is 10.0 Å². The van der Waals surface area contributed by atoms with Gasteiger partial charge in [-0.2, -0.15) is 5.10 Å². The summed E-state index contributed by atoms with van der Waals surface area (Å²) in [6.07, 6.45) is -4.63. The molecule has 0 aromatic heterocycles. The minimum Gasteiger partial charge on any atom is -0.404 e. The van der Waals surface area contributed by atoms with Crippen molar-refractivity contribution < 1.29 is 22.7 Å². The van der Waals surface area contributed by atoms with Gasteiger partial charge in [0.15, 0.2) is 0 Å². The van der Waals surface area contributed by atoms with Gasteiger partial charge in [-0.15, -0.1) is 13.2 Å². The summed E-state index contributed by atoms with van der Waals surface area (Å²) in [6, 6.07) is 8.44. The number of carbonyl (C=O) groups excluding carboxylic acids is 1. The van der Waals surface area contributed by atoms with Crippen LogP contribution in [0, 0.1) is 0 Å². The monoisotopic (exact) mass is 445 g/mol.